The molecule has 0 fully saturated rings. The second kappa shape index (κ2) is 5.16. The van der Waals surface area contributed by atoms with Crippen molar-refractivity contribution in [1.29, 1.82) is 0 Å². The van der Waals surface area contributed by atoms with E-state index in [0.717, 1.165) is 0 Å². The molecule has 0 amide bonds. The van der Waals surface area contributed by atoms with E-state index in [-0.39, 0.29) is 22.6 Å². The number of carbonyl (C=O) groups excluding carboxylic acids is 3. The van der Waals surface area contributed by atoms with E-state index < -0.39 is 23.6 Å². The molecule has 1 aromatic rings. The number of aliphatic hydroxyl groups excluding tert-OH is 1. The molecule has 6 heteroatoms. The second-order valence-corrected chi connectivity index (χ2v) is 4.32. The summed E-state index contributed by atoms with van der Waals surface area (Å²) in [5.41, 5.74) is 0.120. The zero-order chi connectivity index (χ0) is 14.9. The van der Waals surface area contributed by atoms with E-state index in [0.29, 0.717) is 0 Å². The Hall–Kier alpha value is -2.63. The van der Waals surface area contributed by atoms with Gasteiger partial charge in [-0.3, -0.25) is 9.59 Å². The van der Waals surface area contributed by atoms with E-state index in [9.17, 15) is 19.5 Å². The van der Waals surface area contributed by atoms with Crippen LogP contribution in [0.5, 0.6) is 0 Å². The summed E-state index contributed by atoms with van der Waals surface area (Å²) < 4.78 is 4.52. The predicted octanol–water partition coefficient (Wildman–Crippen LogP) is 0.830. The van der Waals surface area contributed by atoms with Crippen LogP contribution < -0.4 is 5.32 Å². The highest BCUT2D eigenvalue weighted by Crippen LogP contribution is 2.26. The van der Waals surface area contributed by atoms with Gasteiger partial charge in [-0.15, -0.1) is 0 Å². The minimum Gasteiger partial charge on any atom is -0.505 e. The van der Waals surface area contributed by atoms with Gasteiger partial charge in [-0.2, -0.15) is 0 Å². The molecule has 0 spiro atoms. The summed E-state index contributed by atoms with van der Waals surface area (Å²) >= 11 is 0. The summed E-state index contributed by atoms with van der Waals surface area (Å²) in [6.07, 6.45) is 0. The van der Waals surface area contributed by atoms with Crippen molar-refractivity contribution in [2.75, 3.05) is 7.11 Å². The zero-order valence-corrected chi connectivity index (χ0v) is 11.0. The van der Waals surface area contributed by atoms with Crippen LogP contribution in [0.25, 0.3) is 5.76 Å². The van der Waals surface area contributed by atoms with Crippen molar-refractivity contribution in [2.24, 2.45) is 0 Å². The minimum atomic E-state index is -0.878. The zero-order valence-electron chi connectivity index (χ0n) is 11.0. The highest BCUT2D eigenvalue weighted by molar-refractivity contribution is 6.52. The van der Waals surface area contributed by atoms with Gasteiger partial charge in [0, 0.05) is 11.1 Å². The summed E-state index contributed by atoms with van der Waals surface area (Å²) in [5, 5.41) is 12.6. The van der Waals surface area contributed by atoms with Crippen molar-refractivity contribution < 1.29 is 24.2 Å². The first kappa shape index (κ1) is 13.8. The number of ketones is 2. The summed E-state index contributed by atoms with van der Waals surface area (Å²) in [6, 6.07) is 5.37. The van der Waals surface area contributed by atoms with Crippen molar-refractivity contribution in [2.45, 2.75) is 13.0 Å². The number of hydrogen-bond donors (Lipinski definition) is 2. The van der Waals surface area contributed by atoms with Crippen molar-refractivity contribution >= 4 is 23.3 Å². The molecule has 0 radical (unpaired) electrons. The fourth-order valence-electron chi connectivity index (χ4n) is 1.95. The summed E-state index contributed by atoms with van der Waals surface area (Å²) in [4.78, 5) is 35.2. The first-order chi connectivity index (χ1) is 9.47. The molecular weight excluding hydrogens is 262 g/mol. The smallest absolute Gasteiger partial charge is 0.327 e. The van der Waals surface area contributed by atoms with E-state index in [2.05, 4.69) is 10.1 Å². The lowest BCUT2D eigenvalue weighted by Crippen LogP contribution is -2.40. The third-order valence-electron chi connectivity index (χ3n) is 3.01. The summed E-state index contributed by atoms with van der Waals surface area (Å²) in [7, 11) is 1.21. The SMILES string of the molecule is COC(=O)C(C)NC1=C(O)c2ccccc2C(=O)C1=O. The molecule has 6 nitrogen and oxygen atoms in total. The molecule has 2 N–H and O–H groups in total. The van der Waals surface area contributed by atoms with Crippen LogP contribution in [0, 0.1) is 0 Å². The third-order valence-corrected chi connectivity index (χ3v) is 3.01. The number of nitrogens with one attached hydrogen (secondary N) is 1. The number of allylic oxidation sites excluding steroid dienone is 1. The number of hydrogen-bond acceptors (Lipinski definition) is 6. The summed E-state index contributed by atoms with van der Waals surface area (Å²) in [6.45, 7) is 1.46. The molecule has 0 bridgehead atoms. The minimum absolute atomic E-state index is 0.145. The van der Waals surface area contributed by atoms with Gasteiger partial charge in [0.2, 0.25) is 5.78 Å². The van der Waals surface area contributed by atoms with Crippen LogP contribution in [0.15, 0.2) is 30.0 Å². The number of aliphatic hydroxyl groups is 1. The number of benzene rings is 1. The Morgan fingerprint density at radius 1 is 1.20 bits per heavy atom. The Morgan fingerprint density at radius 3 is 2.40 bits per heavy atom. The van der Waals surface area contributed by atoms with Crippen LogP contribution in [0.4, 0.5) is 0 Å². The number of rotatable bonds is 3. The van der Waals surface area contributed by atoms with Crippen LogP contribution in [0.3, 0.4) is 0 Å². The number of methoxy groups -OCH3 is 1. The van der Waals surface area contributed by atoms with Crippen molar-refractivity contribution in [3.8, 4) is 0 Å². The van der Waals surface area contributed by atoms with Gasteiger partial charge in [-0.1, -0.05) is 24.3 Å². The van der Waals surface area contributed by atoms with E-state index in [1.807, 2.05) is 0 Å². The Balaban J connectivity index is 2.44. The monoisotopic (exact) mass is 275 g/mol. The lowest BCUT2D eigenvalue weighted by molar-refractivity contribution is -0.142. The molecule has 0 aliphatic heterocycles. The van der Waals surface area contributed by atoms with Crippen LogP contribution in [-0.2, 0) is 14.3 Å². The van der Waals surface area contributed by atoms with Crippen LogP contribution in [0.1, 0.15) is 22.8 Å². The average Bonchev–Trinajstić information content (AvgIpc) is 2.48. The molecule has 1 aliphatic carbocycles. The van der Waals surface area contributed by atoms with Crippen LogP contribution in [0.2, 0.25) is 0 Å². The van der Waals surface area contributed by atoms with E-state index in [1.165, 1.54) is 26.2 Å². The van der Waals surface area contributed by atoms with E-state index >= 15 is 0 Å². The number of carbonyl (C=O) groups is 3. The topological polar surface area (TPSA) is 92.7 Å². The Kier molecular flexibility index (Phi) is 3.56. The Labute approximate surface area is 115 Å². The van der Waals surface area contributed by atoms with E-state index in [4.69, 9.17) is 0 Å². The molecule has 1 aliphatic rings. The summed E-state index contributed by atoms with van der Waals surface area (Å²) in [5.74, 6) is -2.56. The quantitative estimate of drug-likeness (QED) is 0.627. The number of fused-ring (bicyclic) bond motifs is 1. The largest absolute Gasteiger partial charge is 0.505 e. The van der Waals surface area contributed by atoms with Crippen LogP contribution in [-0.4, -0.2) is 35.8 Å². The molecule has 0 aromatic heterocycles. The van der Waals surface area contributed by atoms with Gasteiger partial charge in [-0.05, 0) is 6.92 Å². The van der Waals surface area contributed by atoms with Gasteiger partial charge in [0.1, 0.15) is 11.7 Å². The van der Waals surface area contributed by atoms with Crippen molar-refractivity contribution in [3.05, 3.63) is 41.1 Å². The van der Waals surface area contributed by atoms with Crippen molar-refractivity contribution in [1.82, 2.24) is 5.32 Å². The first-order valence-electron chi connectivity index (χ1n) is 5.93. The molecule has 104 valence electrons. The molecule has 1 aromatic carbocycles. The molecule has 0 saturated carbocycles. The van der Waals surface area contributed by atoms with Gasteiger partial charge in [0.15, 0.2) is 5.76 Å². The maximum Gasteiger partial charge on any atom is 0.327 e. The molecular formula is C14H13NO5. The maximum absolute atomic E-state index is 12.0. The molecule has 1 unspecified atom stereocenters. The fraction of sp³-hybridized carbons (Fsp3) is 0.214. The van der Waals surface area contributed by atoms with Gasteiger partial charge < -0.3 is 15.2 Å². The first-order valence-corrected chi connectivity index (χ1v) is 5.93. The fourth-order valence-corrected chi connectivity index (χ4v) is 1.95. The molecule has 20 heavy (non-hydrogen) atoms. The lowest BCUT2D eigenvalue weighted by Gasteiger charge is -2.21. The molecule has 2 rings (SSSR count). The number of esters is 1. The Morgan fingerprint density at radius 2 is 1.80 bits per heavy atom. The Bertz CT molecular complexity index is 632. The molecule has 0 saturated heterocycles. The third kappa shape index (κ3) is 2.16. The highest BCUT2D eigenvalue weighted by atomic mass is 16.5. The van der Waals surface area contributed by atoms with Crippen LogP contribution >= 0.6 is 0 Å². The maximum atomic E-state index is 12.0. The predicted molar refractivity (Wildman–Crippen MR) is 69.9 cm³/mol. The lowest BCUT2D eigenvalue weighted by atomic mass is 9.91. The van der Waals surface area contributed by atoms with E-state index in [1.54, 1.807) is 12.1 Å². The number of ether oxygens (including phenoxy) is 1. The standard InChI is InChI=1S/C14H13NO5/c1-7(14(19)20-2)15-10-11(16)8-5-3-4-6-9(8)12(17)13(10)18/h3-7,15-16H,1-2H3. The molecule has 1 atom stereocenters. The van der Waals surface area contributed by atoms with Gasteiger partial charge in [0.25, 0.3) is 5.78 Å². The van der Waals surface area contributed by atoms with Gasteiger partial charge >= 0.3 is 5.97 Å². The van der Waals surface area contributed by atoms with Gasteiger partial charge in [-0.25, -0.2) is 4.79 Å². The highest BCUT2D eigenvalue weighted by Gasteiger charge is 2.34. The van der Waals surface area contributed by atoms with Crippen molar-refractivity contribution in [3.63, 3.8) is 0 Å². The second-order valence-electron chi connectivity index (χ2n) is 4.32. The normalized spacial score (nSPS) is 15.7. The molecule has 0 heterocycles. The van der Waals surface area contributed by atoms with Gasteiger partial charge in [0.05, 0.1) is 7.11 Å². The number of Topliss-reactive ketones (excluding diaryl/α,β-unsaturated/α-hetero) is 2. The average molecular weight is 275 g/mol.